The van der Waals surface area contributed by atoms with Gasteiger partial charge in [0.1, 0.15) is 11.4 Å². The van der Waals surface area contributed by atoms with Gasteiger partial charge in [-0.15, -0.1) is 0 Å². The molecule has 7 nitrogen and oxygen atoms in total. The van der Waals surface area contributed by atoms with E-state index in [-0.39, 0.29) is 11.5 Å². The van der Waals surface area contributed by atoms with E-state index in [2.05, 4.69) is 30.2 Å². The maximum absolute atomic E-state index is 12.6. The van der Waals surface area contributed by atoms with Crippen molar-refractivity contribution in [3.8, 4) is 17.0 Å². The fraction of sp³-hybridized carbons (Fsp3) is 0.0588. The van der Waals surface area contributed by atoms with Crippen LogP contribution in [0.2, 0.25) is 0 Å². The molecule has 0 amide bonds. The summed E-state index contributed by atoms with van der Waals surface area (Å²) in [5.41, 5.74) is 1.80. The lowest BCUT2D eigenvalue weighted by Crippen LogP contribution is -2.07. The molecule has 0 aliphatic heterocycles. The van der Waals surface area contributed by atoms with E-state index in [0.29, 0.717) is 28.0 Å². The number of benzene rings is 1. The number of nitrogens with one attached hydrogen (secondary N) is 1. The largest absolute Gasteiger partial charge is 0.492 e. The molecule has 3 heterocycles. The molecule has 0 bridgehead atoms. The third-order valence-electron chi connectivity index (χ3n) is 3.78. The summed E-state index contributed by atoms with van der Waals surface area (Å²) in [6.45, 7) is 0. The quantitative estimate of drug-likeness (QED) is 0.557. The fourth-order valence-corrected chi connectivity index (χ4v) is 2.45. The van der Waals surface area contributed by atoms with E-state index < -0.39 is 11.9 Å². The molecule has 0 spiro atoms. The second-order valence-electron chi connectivity index (χ2n) is 5.60. The average molecular weight is 373 g/mol. The average Bonchev–Trinajstić information content (AvgIpc) is 3.09. The van der Waals surface area contributed by atoms with E-state index in [4.69, 9.17) is 0 Å². The van der Waals surface area contributed by atoms with Crippen LogP contribution in [0, 0.1) is 0 Å². The first kappa shape index (κ1) is 16.8. The minimum Gasteiger partial charge on any atom is -0.492 e. The van der Waals surface area contributed by atoms with Crippen LogP contribution in [0.3, 0.4) is 0 Å². The molecule has 136 valence electrons. The zero-order valence-electron chi connectivity index (χ0n) is 13.4. The van der Waals surface area contributed by atoms with Crippen LogP contribution in [0.5, 0.6) is 5.88 Å². The van der Waals surface area contributed by atoms with Gasteiger partial charge in [0.15, 0.2) is 5.52 Å². The first-order valence-corrected chi connectivity index (χ1v) is 7.63. The molecule has 1 aromatic carbocycles. The number of hydrogen-bond donors (Lipinski definition) is 2. The maximum atomic E-state index is 12.6. The van der Waals surface area contributed by atoms with E-state index in [0.717, 1.165) is 6.07 Å². The van der Waals surface area contributed by atoms with Crippen molar-refractivity contribution in [3.63, 3.8) is 0 Å². The highest BCUT2D eigenvalue weighted by atomic mass is 19.4. The summed E-state index contributed by atoms with van der Waals surface area (Å²) in [4.78, 5) is 7.30. The van der Waals surface area contributed by atoms with Crippen molar-refractivity contribution in [1.82, 2.24) is 20.3 Å². The Kier molecular flexibility index (Phi) is 3.87. The van der Waals surface area contributed by atoms with Crippen LogP contribution in [0.1, 0.15) is 5.69 Å². The van der Waals surface area contributed by atoms with E-state index in [1.54, 1.807) is 24.3 Å². The topological polar surface area (TPSA) is 97.0 Å². The van der Waals surface area contributed by atoms with Crippen molar-refractivity contribution < 1.29 is 22.9 Å². The maximum Gasteiger partial charge on any atom is 0.433 e. The molecule has 27 heavy (non-hydrogen) atoms. The van der Waals surface area contributed by atoms with Crippen molar-refractivity contribution in [2.45, 2.75) is 6.18 Å². The van der Waals surface area contributed by atoms with Crippen LogP contribution in [-0.4, -0.2) is 25.4 Å². The molecule has 10 heteroatoms. The van der Waals surface area contributed by atoms with E-state index in [1.807, 2.05) is 0 Å². The standard InChI is InChI=1S/C17H10F3N5O2/c18-17(19,20)14-6-3-10(8-21-14)9-1-4-11(5-2-9)22-13-7-12-15(23-16(13)26)25-27-24-12/h1-8,22H,(H,23,25,26). The van der Waals surface area contributed by atoms with Gasteiger partial charge in [-0.3, -0.25) is 4.98 Å². The number of aromatic hydroxyl groups is 1. The molecule has 0 aliphatic carbocycles. The van der Waals surface area contributed by atoms with Gasteiger partial charge in [-0.2, -0.15) is 18.2 Å². The van der Waals surface area contributed by atoms with Gasteiger partial charge in [-0.1, -0.05) is 18.2 Å². The molecule has 0 saturated heterocycles. The number of hydrogen-bond acceptors (Lipinski definition) is 7. The molecule has 0 fully saturated rings. The number of pyridine rings is 2. The van der Waals surface area contributed by atoms with Crippen LogP contribution in [0.15, 0.2) is 53.3 Å². The molecular weight excluding hydrogens is 363 g/mol. The molecule has 0 saturated carbocycles. The number of aromatic nitrogens is 4. The summed E-state index contributed by atoms with van der Waals surface area (Å²) < 4.78 is 42.3. The monoisotopic (exact) mass is 373 g/mol. The van der Waals surface area contributed by atoms with E-state index >= 15 is 0 Å². The Bertz CT molecular complexity index is 1090. The summed E-state index contributed by atoms with van der Waals surface area (Å²) in [5.74, 6) is -0.269. The summed E-state index contributed by atoms with van der Waals surface area (Å²) >= 11 is 0. The fourth-order valence-electron chi connectivity index (χ4n) is 2.45. The van der Waals surface area contributed by atoms with Crippen LogP contribution in [-0.2, 0) is 6.18 Å². The highest BCUT2D eigenvalue weighted by Crippen LogP contribution is 2.31. The third-order valence-corrected chi connectivity index (χ3v) is 3.78. The summed E-state index contributed by atoms with van der Waals surface area (Å²) in [7, 11) is 0. The normalized spacial score (nSPS) is 11.7. The van der Waals surface area contributed by atoms with Crippen molar-refractivity contribution >= 4 is 22.5 Å². The highest BCUT2D eigenvalue weighted by molar-refractivity contribution is 5.79. The van der Waals surface area contributed by atoms with Crippen LogP contribution >= 0.6 is 0 Å². The van der Waals surface area contributed by atoms with Crippen LogP contribution in [0.4, 0.5) is 24.5 Å². The summed E-state index contributed by atoms with van der Waals surface area (Å²) in [5, 5.41) is 20.1. The Labute approximate surface area is 149 Å². The minimum absolute atomic E-state index is 0.184. The second kappa shape index (κ2) is 6.24. The van der Waals surface area contributed by atoms with Gasteiger partial charge >= 0.3 is 6.18 Å². The Morgan fingerprint density at radius 3 is 2.37 bits per heavy atom. The van der Waals surface area contributed by atoms with Crippen molar-refractivity contribution in [2.24, 2.45) is 0 Å². The molecule has 4 rings (SSSR count). The minimum atomic E-state index is -4.47. The van der Waals surface area contributed by atoms with Gasteiger partial charge in [-0.05, 0) is 34.1 Å². The second-order valence-corrected chi connectivity index (χ2v) is 5.60. The first-order valence-electron chi connectivity index (χ1n) is 7.63. The number of anilines is 2. The number of rotatable bonds is 3. The van der Waals surface area contributed by atoms with Crippen molar-refractivity contribution in [3.05, 3.63) is 54.4 Å². The number of alkyl halides is 3. The van der Waals surface area contributed by atoms with E-state index in [1.165, 1.54) is 18.3 Å². The number of nitrogens with zero attached hydrogens (tertiary/aromatic N) is 4. The molecule has 3 aromatic heterocycles. The lowest BCUT2D eigenvalue weighted by molar-refractivity contribution is -0.141. The Morgan fingerprint density at radius 1 is 0.963 bits per heavy atom. The predicted octanol–water partition coefficient (Wildman–Crippen LogP) is 4.15. The summed E-state index contributed by atoms with van der Waals surface area (Å²) in [6, 6.07) is 10.7. The molecule has 0 unspecified atom stereocenters. The molecule has 0 radical (unpaired) electrons. The lowest BCUT2D eigenvalue weighted by Gasteiger charge is -2.09. The molecular formula is C17H10F3N5O2. The smallest absolute Gasteiger partial charge is 0.433 e. The van der Waals surface area contributed by atoms with Crippen LogP contribution < -0.4 is 5.32 Å². The predicted molar refractivity (Wildman–Crippen MR) is 89.2 cm³/mol. The molecule has 2 N–H and O–H groups in total. The number of fused-ring (bicyclic) bond motifs is 1. The molecule has 0 aliphatic rings. The van der Waals surface area contributed by atoms with Gasteiger partial charge < -0.3 is 10.4 Å². The summed E-state index contributed by atoms with van der Waals surface area (Å²) in [6.07, 6.45) is -3.30. The molecule has 0 atom stereocenters. The zero-order valence-corrected chi connectivity index (χ0v) is 13.4. The lowest BCUT2D eigenvalue weighted by atomic mass is 10.1. The SMILES string of the molecule is Oc1nc2nonc2cc1Nc1ccc(-c2ccc(C(F)(F)F)nc2)cc1. The Morgan fingerprint density at radius 2 is 1.70 bits per heavy atom. The Balaban J connectivity index is 1.55. The zero-order chi connectivity index (χ0) is 19.0. The molecule has 4 aromatic rings. The van der Waals surface area contributed by atoms with Crippen molar-refractivity contribution in [1.29, 1.82) is 0 Å². The Hall–Kier alpha value is -3.69. The number of halogens is 3. The van der Waals surface area contributed by atoms with Crippen molar-refractivity contribution in [2.75, 3.05) is 5.32 Å². The van der Waals surface area contributed by atoms with Gasteiger partial charge in [-0.25, -0.2) is 4.63 Å². The van der Waals surface area contributed by atoms with Gasteiger partial charge in [0.2, 0.25) is 11.5 Å². The first-order chi connectivity index (χ1) is 12.9. The van der Waals surface area contributed by atoms with Gasteiger partial charge in [0.25, 0.3) is 0 Å². The third kappa shape index (κ3) is 3.36. The van der Waals surface area contributed by atoms with Gasteiger partial charge in [0, 0.05) is 23.5 Å². The van der Waals surface area contributed by atoms with E-state index in [9.17, 15) is 18.3 Å². The highest BCUT2D eigenvalue weighted by Gasteiger charge is 2.32. The van der Waals surface area contributed by atoms with Crippen LogP contribution in [0.25, 0.3) is 22.3 Å². The van der Waals surface area contributed by atoms with Gasteiger partial charge in [0.05, 0.1) is 0 Å².